The molecule has 1 saturated heterocycles. The first-order chi connectivity index (χ1) is 13.5. The number of hydrogen-bond acceptors (Lipinski definition) is 4. The molecule has 148 valence electrons. The Morgan fingerprint density at radius 2 is 1.79 bits per heavy atom. The van der Waals surface area contributed by atoms with Crippen molar-refractivity contribution < 1.29 is 14.3 Å². The highest BCUT2D eigenvalue weighted by Crippen LogP contribution is 2.21. The van der Waals surface area contributed by atoms with Crippen LogP contribution in [0.4, 0.5) is 5.69 Å². The number of hydrogen-bond donors (Lipinski definition) is 2. The second-order valence-corrected chi connectivity index (χ2v) is 7.16. The minimum Gasteiger partial charge on any atom is -0.371 e. The molecule has 6 heteroatoms. The van der Waals surface area contributed by atoms with Crippen LogP contribution in [0.5, 0.6) is 0 Å². The van der Waals surface area contributed by atoms with Crippen molar-refractivity contribution in [2.45, 2.75) is 20.0 Å². The van der Waals surface area contributed by atoms with Gasteiger partial charge in [0.2, 0.25) is 0 Å². The van der Waals surface area contributed by atoms with E-state index in [4.69, 9.17) is 4.74 Å². The Bertz CT molecular complexity index is 803. The molecular weight excluding hydrogens is 354 g/mol. The second-order valence-electron chi connectivity index (χ2n) is 7.16. The molecule has 1 unspecified atom stereocenters. The minimum absolute atomic E-state index is 0.0403. The molecule has 2 N–H and O–H groups in total. The van der Waals surface area contributed by atoms with E-state index in [-0.39, 0.29) is 6.10 Å². The summed E-state index contributed by atoms with van der Waals surface area (Å²) in [6, 6.07) is 15.8. The Kier molecular flexibility index (Phi) is 6.79. The van der Waals surface area contributed by atoms with E-state index >= 15 is 0 Å². The summed E-state index contributed by atoms with van der Waals surface area (Å²) >= 11 is 0. The number of anilines is 1. The molecule has 2 aromatic carbocycles. The normalized spacial score (nSPS) is 17.1. The van der Waals surface area contributed by atoms with Crippen LogP contribution in [0.25, 0.3) is 0 Å². The van der Waals surface area contributed by atoms with Crippen LogP contribution in [0, 0.1) is 13.8 Å². The van der Waals surface area contributed by atoms with Crippen molar-refractivity contribution in [1.29, 1.82) is 0 Å². The molecule has 1 aliphatic rings. The Hall–Kier alpha value is -2.70. The van der Waals surface area contributed by atoms with Gasteiger partial charge in [0, 0.05) is 31.9 Å². The Morgan fingerprint density at radius 1 is 1.07 bits per heavy atom. The molecule has 0 bridgehead atoms. The fourth-order valence-electron chi connectivity index (χ4n) is 3.42. The first-order valence-corrected chi connectivity index (χ1v) is 9.57. The number of carbonyl (C=O) groups is 2. The van der Waals surface area contributed by atoms with Crippen molar-refractivity contribution in [3.8, 4) is 0 Å². The van der Waals surface area contributed by atoms with Crippen LogP contribution < -0.4 is 10.6 Å². The summed E-state index contributed by atoms with van der Waals surface area (Å²) in [7, 11) is 0. The summed E-state index contributed by atoms with van der Waals surface area (Å²) in [5.74, 6) is -1.26. The number of aryl methyl sites for hydroxylation is 2. The zero-order chi connectivity index (χ0) is 19.9. The monoisotopic (exact) mass is 381 g/mol. The average Bonchev–Trinajstić information content (AvgIpc) is 2.68. The Morgan fingerprint density at radius 3 is 2.50 bits per heavy atom. The van der Waals surface area contributed by atoms with E-state index < -0.39 is 11.8 Å². The molecular formula is C22H27N3O3. The number of amides is 2. The van der Waals surface area contributed by atoms with E-state index in [0.29, 0.717) is 25.4 Å². The quantitative estimate of drug-likeness (QED) is 0.781. The van der Waals surface area contributed by atoms with Crippen molar-refractivity contribution in [3.63, 3.8) is 0 Å². The predicted molar refractivity (Wildman–Crippen MR) is 109 cm³/mol. The lowest BCUT2D eigenvalue weighted by Crippen LogP contribution is -2.44. The van der Waals surface area contributed by atoms with Gasteiger partial charge in [0.15, 0.2) is 0 Å². The van der Waals surface area contributed by atoms with E-state index in [1.54, 1.807) is 0 Å². The van der Waals surface area contributed by atoms with Crippen LogP contribution in [0.1, 0.15) is 22.8 Å². The topological polar surface area (TPSA) is 70.7 Å². The van der Waals surface area contributed by atoms with Gasteiger partial charge in [-0.05, 0) is 42.7 Å². The summed E-state index contributed by atoms with van der Waals surface area (Å²) in [6.45, 7) is 7.24. The molecule has 1 fully saturated rings. The minimum atomic E-state index is -0.644. The summed E-state index contributed by atoms with van der Waals surface area (Å²) in [6.07, 6.45) is 0.0403. The molecule has 0 aromatic heterocycles. The summed E-state index contributed by atoms with van der Waals surface area (Å²) in [4.78, 5) is 26.4. The summed E-state index contributed by atoms with van der Waals surface area (Å²) in [5, 5.41) is 5.36. The molecule has 0 aliphatic carbocycles. The molecule has 6 nitrogen and oxygen atoms in total. The molecule has 2 aromatic rings. The van der Waals surface area contributed by atoms with E-state index in [1.807, 2.05) is 50.2 Å². The van der Waals surface area contributed by atoms with Gasteiger partial charge >= 0.3 is 11.8 Å². The van der Waals surface area contributed by atoms with Crippen molar-refractivity contribution in [2.24, 2.45) is 0 Å². The number of nitrogens with zero attached hydrogens (tertiary/aromatic N) is 1. The maximum Gasteiger partial charge on any atom is 0.313 e. The zero-order valence-corrected chi connectivity index (χ0v) is 16.4. The summed E-state index contributed by atoms with van der Waals surface area (Å²) < 4.78 is 5.85. The third kappa shape index (κ3) is 5.65. The molecule has 28 heavy (non-hydrogen) atoms. The standard InChI is InChI=1S/C22H27N3O3/c1-16-12-17(2)14-19(13-16)24-22(27)21(26)23-8-9-25-10-11-28-20(15-25)18-6-4-3-5-7-18/h3-7,12-14,20H,8-11,15H2,1-2H3,(H,23,26)(H,24,27). The molecule has 3 rings (SSSR count). The van der Waals surface area contributed by atoms with Gasteiger partial charge in [-0.1, -0.05) is 36.4 Å². The van der Waals surface area contributed by atoms with E-state index in [0.717, 1.165) is 29.8 Å². The molecule has 0 spiro atoms. The van der Waals surface area contributed by atoms with Crippen molar-refractivity contribution in [2.75, 3.05) is 38.1 Å². The molecule has 1 aliphatic heterocycles. The number of nitrogens with one attached hydrogen (secondary N) is 2. The van der Waals surface area contributed by atoms with Crippen LogP contribution >= 0.6 is 0 Å². The lowest BCUT2D eigenvalue weighted by Gasteiger charge is -2.33. The van der Waals surface area contributed by atoms with Crippen LogP contribution in [0.3, 0.4) is 0 Å². The maximum absolute atomic E-state index is 12.1. The Labute approximate surface area is 165 Å². The fraction of sp³-hybridized carbons (Fsp3) is 0.364. The van der Waals surface area contributed by atoms with Crippen LogP contribution in [-0.2, 0) is 14.3 Å². The average molecular weight is 381 g/mol. The third-order valence-corrected chi connectivity index (χ3v) is 4.72. The first-order valence-electron chi connectivity index (χ1n) is 9.57. The predicted octanol–water partition coefficient (Wildman–Crippen LogP) is 2.43. The molecule has 1 atom stereocenters. The van der Waals surface area contributed by atoms with Gasteiger partial charge < -0.3 is 15.4 Å². The zero-order valence-electron chi connectivity index (χ0n) is 16.4. The third-order valence-electron chi connectivity index (χ3n) is 4.72. The lowest BCUT2D eigenvalue weighted by molar-refractivity contribution is -0.136. The van der Waals surface area contributed by atoms with E-state index in [9.17, 15) is 9.59 Å². The number of morpholine rings is 1. The van der Waals surface area contributed by atoms with Gasteiger partial charge in [-0.3, -0.25) is 14.5 Å². The van der Waals surface area contributed by atoms with Gasteiger partial charge in [-0.25, -0.2) is 0 Å². The maximum atomic E-state index is 12.1. The van der Waals surface area contributed by atoms with Crippen LogP contribution in [0.15, 0.2) is 48.5 Å². The molecule has 0 saturated carbocycles. The van der Waals surface area contributed by atoms with Gasteiger partial charge in [-0.2, -0.15) is 0 Å². The van der Waals surface area contributed by atoms with Crippen LogP contribution in [0.2, 0.25) is 0 Å². The highest BCUT2D eigenvalue weighted by molar-refractivity contribution is 6.39. The van der Waals surface area contributed by atoms with Crippen molar-refractivity contribution in [3.05, 3.63) is 65.2 Å². The molecule has 2 amide bonds. The van der Waals surface area contributed by atoms with Gasteiger partial charge in [-0.15, -0.1) is 0 Å². The highest BCUT2D eigenvalue weighted by Gasteiger charge is 2.22. The van der Waals surface area contributed by atoms with Crippen molar-refractivity contribution in [1.82, 2.24) is 10.2 Å². The smallest absolute Gasteiger partial charge is 0.313 e. The lowest BCUT2D eigenvalue weighted by atomic mass is 10.1. The Balaban J connectivity index is 1.43. The molecule has 1 heterocycles. The highest BCUT2D eigenvalue weighted by atomic mass is 16.5. The fourth-order valence-corrected chi connectivity index (χ4v) is 3.42. The SMILES string of the molecule is Cc1cc(C)cc(NC(=O)C(=O)NCCN2CCOC(c3ccccc3)C2)c1. The van der Waals surface area contributed by atoms with Gasteiger partial charge in [0.25, 0.3) is 0 Å². The van der Waals surface area contributed by atoms with Crippen LogP contribution in [-0.4, -0.2) is 49.5 Å². The largest absolute Gasteiger partial charge is 0.371 e. The number of ether oxygens (including phenoxy) is 1. The first kappa shape index (κ1) is 20.0. The number of benzene rings is 2. The molecule has 0 radical (unpaired) electrons. The van der Waals surface area contributed by atoms with Gasteiger partial charge in [0.1, 0.15) is 0 Å². The second kappa shape index (κ2) is 9.48. The van der Waals surface area contributed by atoms with Crippen molar-refractivity contribution >= 4 is 17.5 Å². The number of rotatable bonds is 5. The summed E-state index contributed by atoms with van der Waals surface area (Å²) in [5.41, 5.74) is 3.87. The van der Waals surface area contributed by atoms with E-state index in [2.05, 4.69) is 27.7 Å². The number of carbonyl (C=O) groups excluding carboxylic acids is 2. The van der Waals surface area contributed by atoms with Gasteiger partial charge in [0.05, 0.1) is 12.7 Å². The van der Waals surface area contributed by atoms with E-state index in [1.165, 1.54) is 0 Å².